The first-order valence-corrected chi connectivity index (χ1v) is 10.3. The van der Waals surface area contributed by atoms with Crippen molar-refractivity contribution < 1.29 is 9.47 Å². The van der Waals surface area contributed by atoms with Crippen molar-refractivity contribution in [2.24, 2.45) is 12.0 Å². The highest BCUT2D eigenvalue weighted by Gasteiger charge is 2.16. The molecule has 2 rings (SSSR count). The molecule has 0 amide bonds. The molecule has 9 heteroatoms. The molecule has 0 fully saturated rings. The van der Waals surface area contributed by atoms with Crippen LogP contribution in [0.3, 0.4) is 0 Å². The lowest BCUT2D eigenvalue weighted by molar-refractivity contribution is 0.110. The zero-order chi connectivity index (χ0) is 21.9. The minimum Gasteiger partial charge on any atom is -0.491 e. The highest BCUT2D eigenvalue weighted by atomic mass is 127. The molecule has 1 aromatic carbocycles. The Kier molecular flexibility index (Phi) is 12.5. The summed E-state index contributed by atoms with van der Waals surface area (Å²) in [5.74, 6) is 1.62. The maximum atomic E-state index is 5.93. The van der Waals surface area contributed by atoms with Gasteiger partial charge in [-0.2, -0.15) is 5.10 Å². The lowest BCUT2D eigenvalue weighted by Gasteiger charge is -2.24. The van der Waals surface area contributed by atoms with Crippen molar-refractivity contribution >= 4 is 29.9 Å². The van der Waals surface area contributed by atoms with Gasteiger partial charge < -0.3 is 25.0 Å². The number of rotatable bonds is 11. The smallest absolute Gasteiger partial charge is 0.191 e. The van der Waals surface area contributed by atoms with E-state index in [0.717, 1.165) is 28.4 Å². The van der Waals surface area contributed by atoms with Crippen LogP contribution >= 0.6 is 24.0 Å². The lowest BCUT2D eigenvalue weighted by atomic mass is 10.1. The second-order valence-electron chi connectivity index (χ2n) is 7.39. The van der Waals surface area contributed by atoms with Gasteiger partial charge in [0.25, 0.3) is 0 Å². The molecule has 0 aliphatic carbocycles. The van der Waals surface area contributed by atoms with Gasteiger partial charge in [0.15, 0.2) is 5.96 Å². The van der Waals surface area contributed by atoms with Crippen molar-refractivity contribution in [2.45, 2.75) is 26.4 Å². The molecule has 174 valence electrons. The van der Waals surface area contributed by atoms with Gasteiger partial charge in [0, 0.05) is 51.1 Å². The fraction of sp³-hybridized carbons (Fsp3) is 0.545. The van der Waals surface area contributed by atoms with E-state index < -0.39 is 0 Å². The summed E-state index contributed by atoms with van der Waals surface area (Å²) >= 11 is 0. The van der Waals surface area contributed by atoms with E-state index >= 15 is 0 Å². The van der Waals surface area contributed by atoms with E-state index in [4.69, 9.17) is 9.47 Å². The Morgan fingerprint density at radius 2 is 2.03 bits per heavy atom. The molecular formula is C22H37IN6O2. The molecule has 0 saturated heterocycles. The van der Waals surface area contributed by atoms with Gasteiger partial charge in [-0.05, 0) is 39.6 Å². The summed E-state index contributed by atoms with van der Waals surface area (Å²) in [5, 5.41) is 11.1. The molecule has 2 aromatic rings. The Morgan fingerprint density at radius 1 is 1.26 bits per heavy atom. The van der Waals surface area contributed by atoms with E-state index in [0.29, 0.717) is 32.9 Å². The van der Waals surface area contributed by atoms with Crippen LogP contribution < -0.4 is 15.4 Å². The van der Waals surface area contributed by atoms with Gasteiger partial charge in [0.2, 0.25) is 0 Å². The number of aliphatic imine (C=N–C) groups is 1. The number of hydrogen-bond donors (Lipinski definition) is 2. The van der Waals surface area contributed by atoms with Gasteiger partial charge in [-0.1, -0.05) is 12.1 Å². The van der Waals surface area contributed by atoms with Crippen LogP contribution in [0.15, 0.2) is 35.6 Å². The van der Waals surface area contributed by atoms with Crippen molar-refractivity contribution in [2.75, 3.05) is 47.5 Å². The molecule has 1 atom stereocenters. The number of guanidine groups is 1. The molecule has 0 radical (unpaired) electrons. The molecule has 1 aromatic heterocycles. The number of nitrogens with one attached hydrogen (secondary N) is 2. The van der Waals surface area contributed by atoms with E-state index in [9.17, 15) is 0 Å². The van der Waals surface area contributed by atoms with Crippen LogP contribution in [0.5, 0.6) is 5.75 Å². The molecular weight excluding hydrogens is 507 g/mol. The molecule has 0 aliphatic rings. The maximum Gasteiger partial charge on any atom is 0.191 e. The SMILES string of the molecule is CCOCCOc1cc(C)ccc1CNC(=NC)NCC(c1cnn(C)c1)N(C)C.I. The first kappa shape index (κ1) is 27.2. The predicted octanol–water partition coefficient (Wildman–Crippen LogP) is 2.73. The Bertz CT molecular complexity index is 809. The molecule has 2 N–H and O–H groups in total. The largest absolute Gasteiger partial charge is 0.491 e. The number of aryl methyl sites for hydroxylation is 2. The second kappa shape index (κ2) is 14.3. The second-order valence-corrected chi connectivity index (χ2v) is 7.39. The molecule has 31 heavy (non-hydrogen) atoms. The highest BCUT2D eigenvalue weighted by Crippen LogP contribution is 2.20. The Balaban J connectivity index is 0.00000480. The third-order valence-electron chi connectivity index (χ3n) is 4.78. The fourth-order valence-corrected chi connectivity index (χ4v) is 3.10. The first-order valence-electron chi connectivity index (χ1n) is 10.3. The number of benzene rings is 1. The van der Waals surface area contributed by atoms with Crippen molar-refractivity contribution in [3.05, 3.63) is 47.3 Å². The third kappa shape index (κ3) is 9.04. The van der Waals surface area contributed by atoms with Gasteiger partial charge in [0.1, 0.15) is 12.4 Å². The number of hydrogen-bond acceptors (Lipinski definition) is 5. The average Bonchev–Trinajstić information content (AvgIpc) is 3.14. The normalized spacial score (nSPS) is 12.4. The highest BCUT2D eigenvalue weighted by molar-refractivity contribution is 14.0. The summed E-state index contributed by atoms with van der Waals surface area (Å²) in [5.41, 5.74) is 3.41. The number of halogens is 1. The van der Waals surface area contributed by atoms with E-state index in [1.165, 1.54) is 0 Å². The number of aromatic nitrogens is 2. The van der Waals surface area contributed by atoms with Crippen LogP contribution in [0.1, 0.15) is 29.7 Å². The summed E-state index contributed by atoms with van der Waals surface area (Å²) in [6.45, 7) is 7.18. The van der Waals surface area contributed by atoms with Crippen LogP contribution in [0, 0.1) is 6.92 Å². The van der Waals surface area contributed by atoms with Crippen LogP contribution in [-0.4, -0.2) is 68.1 Å². The van der Waals surface area contributed by atoms with Crippen LogP contribution in [0.4, 0.5) is 0 Å². The summed E-state index contributed by atoms with van der Waals surface area (Å²) in [4.78, 5) is 6.53. The van der Waals surface area contributed by atoms with E-state index in [1.54, 1.807) is 7.05 Å². The monoisotopic (exact) mass is 544 g/mol. The minimum absolute atomic E-state index is 0. The summed E-state index contributed by atoms with van der Waals surface area (Å²) < 4.78 is 13.1. The number of ether oxygens (including phenoxy) is 2. The van der Waals surface area contributed by atoms with E-state index in [2.05, 4.69) is 64.8 Å². The van der Waals surface area contributed by atoms with Gasteiger partial charge in [-0.15, -0.1) is 24.0 Å². The summed E-state index contributed by atoms with van der Waals surface area (Å²) in [7, 11) is 7.83. The van der Waals surface area contributed by atoms with Crippen LogP contribution in [0.25, 0.3) is 0 Å². The van der Waals surface area contributed by atoms with Gasteiger partial charge in [0.05, 0.1) is 18.8 Å². The quantitative estimate of drug-likeness (QED) is 0.196. The maximum absolute atomic E-state index is 5.93. The summed E-state index contributed by atoms with van der Waals surface area (Å²) in [6.07, 6.45) is 3.95. The Labute approximate surface area is 203 Å². The Hall–Kier alpha value is -1.85. The van der Waals surface area contributed by atoms with Crippen LogP contribution in [-0.2, 0) is 18.3 Å². The van der Waals surface area contributed by atoms with Crippen LogP contribution in [0.2, 0.25) is 0 Å². The van der Waals surface area contributed by atoms with Crippen molar-refractivity contribution in [3.8, 4) is 5.75 Å². The molecule has 0 aliphatic heterocycles. The van der Waals surface area contributed by atoms with Gasteiger partial charge in [-0.25, -0.2) is 0 Å². The Morgan fingerprint density at radius 3 is 2.65 bits per heavy atom. The summed E-state index contributed by atoms with van der Waals surface area (Å²) in [6, 6.07) is 6.43. The standard InChI is InChI=1S/C22H36N6O2.HI/c1-7-29-10-11-30-21-12-17(2)8-9-18(21)13-24-22(23-3)25-15-20(27(4)5)19-14-26-28(6)16-19;/h8-9,12,14,16,20H,7,10-11,13,15H2,1-6H3,(H2,23,24,25);1H. The molecule has 0 saturated carbocycles. The minimum atomic E-state index is 0. The molecule has 0 spiro atoms. The van der Waals surface area contributed by atoms with Crippen molar-refractivity contribution in [1.82, 2.24) is 25.3 Å². The van der Waals surface area contributed by atoms with Gasteiger partial charge in [-0.3, -0.25) is 9.67 Å². The van der Waals surface area contributed by atoms with E-state index in [-0.39, 0.29) is 30.0 Å². The lowest BCUT2D eigenvalue weighted by Crippen LogP contribution is -2.41. The molecule has 0 bridgehead atoms. The fourth-order valence-electron chi connectivity index (χ4n) is 3.10. The molecule has 1 unspecified atom stereocenters. The molecule has 1 heterocycles. The third-order valence-corrected chi connectivity index (χ3v) is 4.78. The van der Waals surface area contributed by atoms with Crippen molar-refractivity contribution in [1.29, 1.82) is 0 Å². The van der Waals surface area contributed by atoms with E-state index in [1.807, 2.05) is 31.0 Å². The first-order chi connectivity index (χ1) is 14.4. The predicted molar refractivity (Wildman–Crippen MR) is 136 cm³/mol. The number of likely N-dealkylation sites (N-methyl/N-ethyl adjacent to an activating group) is 1. The zero-order valence-electron chi connectivity index (χ0n) is 19.5. The number of nitrogens with zero attached hydrogens (tertiary/aromatic N) is 4. The topological polar surface area (TPSA) is 75.9 Å². The average molecular weight is 544 g/mol. The van der Waals surface area contributed by atoms with Gasteiger partial charge >= 0.3 is 0 Å². The molecule has 8 nitrogen and oxygen atoms in total. The zero-order valence-corrected chi connectivity index (χ0v) is 21.8. The van der Waals surface area contributed by atoms with Crippen molar-refractivity contribution in [3.63, 3.8) is 0 Å².